The zero-order valence-electron chi connectivity index (χ0n) is 21.7. The molecule has 2 N–H and O–H groups in total. The third kappa shape index (κ3) is 5.96. The lowest BCUT2D eigenvalue weighted by molar-refractivity contribution is -0.113. The van der Waals surface area contributed by atoms with Crippen molar-refractivity contribution < 1.29 is 14.3 Å². The second-order valence-electron chi connectivity index (χ2n) is 8.59. The topological polar surface area (TPSA) is 90.3 Å². The van der Waals surface area contributed by atoms with Gasteiger partial charge < -0.3 is 20.1 Å². The van der Waals surface area contributed by atoms with Gasteiger partial charge in [-0.2, -0.15) is 4.98 Å². The van der Waals surface area contributed by atoms with Crippen LogP contribution in [0.2, 0.25) is 0 Å². The fraction of sp³-hybridized carbons (Fsp3) is 0.370. The number of halogens is 1. The minimum Gasteiger partial charge on any atom is -0.490 e. The molecule has 2 aromatic carbocycles. The first-order valence-electron chi connectivity index (χ1n) is 12.4. The number of fused-ring (bicyclic) bond motifs is 1. The minimum atomic E-state index is -0.531. The summed E-state index contributed by atoms with van der Waals surface area (Å²) in [6, 6.07) is 11.1. The Bertz CT molecular complexity index is 1310. The van der Waals surface area contributed by atoms with E-state index in [1.807, 2.05) is 64.1 Å². The van der Waals surface area contributed by atoms with E-state index < -0.39 is 6.04 Å². The molecule has 1 atom stereocenters. The summed E-state index contributed by atoms with van der Waals surface area (Å²) in [6.07, 6.45) is 1.01. The lowest BCUT2D eigenvalue weighted by Crippen LogP contribution is -2.31. The number of nitrogens with zero attached hydrogens (tertiary/aromatic N) is 3. The number of nitrogens with one attached hydrogen (secondary N) is 2. The molecule has 37 heavy (non-hydrogen) atoms. The quantitative estimate of drug-likeness (QED) is 0.260. The minimum absolute atomic E-state index is 0.217. The second-order valence-corrected chi connectivity index (χ2v) is 10.5. The Balaban J connectivity index is 1.83. The molecule has 0 fully saturated rings. The summed E-state index contributed by atoms with van der Waals surface area (Å²) in [5, 5.41) is 11.8. The van der Waals surface area contributed by atoms with Gasteiger partial charge in [-0.15, -0.1) is 5.10 Å². The number of rotatable bonds is 10. The Morgan fingerprint density at radius 3 is 2.54 bits per heavy atom. The summed E-state index contributed by atoms with van der Waals surface area (Å²) in [5.41, 5.74) is 3.93. The van der Waals surface area contributed by atoms with E-state index in [4.69, 9.17) is 19.6 Å². The molecule has 8 nitrogen and oxygen atoms in total. The molecule has 196 valence electrons. The van der Waals surface area contributed by atoms with Crippen molar-refractivity contribution in [2.75, 3.05) is 29.6 Å². The monoisotopic (exact) mass is 585 g/mol. The normalized spacial score (nSPS) is 14.7. The van der Waals surface area contributed by atoms with Crippen molar-refractivity contribution in [1.29, 1.82) is 0 Å². The van der Waals surface area contributed by atoms with Crippen molar-refractivity contribution in [3.63, 3.8) is 0 Å². The molecule has 1 aromatic heterocycles. The number of hydrogen-bond donors (Lipinski definition) is 2. The summed E-state index contributed by atoms with van der Waals surface area (Å²) in [7, 11) is 0. The van der Waals surface area contributed by atoms with Gasteiger partial charge in [0.05, 0.1) is 23.3 Å². The van der Waals surface area contributed by atoms with Crippen molar-refractivity contribution in [1.82, 2.24) is 14.8 Å². The molecule has 4 rings (SSSR count). The van der Waals surface area contributed by atoms with E-state index in [-0.39, 0.29) is 5.91 Å². The van der Waals surface area contributed by atoms with Gasteiger partial charge in [-0.05, 0) is 79.9 Å². The lowest BCUT2D eigenvalue weighted by Gasteiger charge is -2.29. The number of aryl methyl sites for hydroxylation is 1. The van der Waals surface area contributed by atoms with Crippen LogP contribution in [0.25, 0.3) is 0 Å². The van der Waals surface area contributed by atoms with E-state index in [0.29, 0.717) is 47.1 Å². The van der Waals surface area contributed by atoms with Gasteiger partial charge >= 0.3 is 0 Å². The second kappa shape index (κ2) is 12.0. The van der Waals surface area contributed by atoms with Crippen LogP contribution in [-0.4, -0.2) is 39.6 Å². The number of carbonyl (C=O) groups excluding carboxylic acids is 1. The zero-order chi connectivity index (χ0) is 26.5. The molecule has 2 heterocycles. The van der Waals surface area contributed by atoms with E-state index in [0.717, 1.165) is 33.5 Å². The number of amides is 1. The van der Waals surface area contributed by atoms with Gasteiger partial charge in [0.25, 0.3) is 5.91 Å². The fourth-order valence-electron chi connectivity index (χ4n) is 4.12. The fourth-order valence-corrected chi connectivity index (χ4v) is 5.37. The van der Waals surface area contributed by atoms with Gasteiger partial charge in [0.2, 0.25) is 11.1 Å². The van der Waals surface area contributed by atoms with Gasteiger partial charge in [0, 0.05) is 17.1 Å². The number of benzene rings is 2. The molecule has 0 saturated carbocycles. The molecular formula is C27H32BrN5O3S. The molecular weight excluding hydrogens is 554 g/mol. The molecule has 0 saturated heterocycles. The van der Waals surface area contributed by atoms with Gasteiger partial charge in [0.1, 0.15) is 6.04 Å². The number of carbonyl (C=O) groups is 1. The van der Waals surface area contributed by atoms with E-state index in [9.17, 15) is 4.79 Å². The Hall–Kier alpha value is -2.98. The average molecular weight is 587 g/mol. The molecule has 10 heteroatoms. The maximum absolute atomic E-state index is 13.8. The smallest absolute Gasteiger partial charge is 0.255 e. The van der Waals surface area contributed by atoms with Gasteiger partial charge in [0.15, 0.2) is 11.5 Å². The van der Waals surface area contributed by atoms with Crippen LogP contribution in [0, 0.1) is 6.92 Å². The summed E-state index contributed by atoms with van der Waals surface area (Å²) >= 11 is 5.25. The highest BCUT2D eigenvalue weighted by atomic mass is 79.9. The largest absolute Gasteiger partial charge is 0.490 e. The maximum atomic E-state index is 13.8. The van der Waals surface area contributed by atoms with Crippen LogP contribution in [0.15, 0.2) is 57.3 Å². The molecule has 0 bridgehead atoms. The van der Waals surface area contributed by atoms with Crippen LogP contribution >= 0.6 is 27.7 Å². The molecule has 1 aliphatic heterocycles. The predicted molar refractivity (Wildman–Crippen MR) is 152 cm³/mol. The number of hydrogen-bond acceptors (Lipinski definition) is 7. The van der Waals surface area contributed by atoms with Crippen molar-refractivity contribution in [3.05, 3.63) is 63.3 Å². The molecule has 0 spiro atoms. The number of thioether (sulfide) groups is 1. The summed E-state index contributed by atoms with van der Waals surface area (Å²) in [6.45, 7) is 10.9. The van der Waals surface area contributed by atoms with Gasteiger partial charge in [-0.25, -0.2) is 4.68 Å². The molecule has 1 amide bonds. The summed E-state index contributed by atoms with van der Waals surface area (Å²) in [4.78, 5) is 18.5. The first-order valence-corrected chi connectivity index (χ1v) is 14.2. The predicted octanol–water partition coefficient (Wildman–Crippen LogP) is 6.58. The van der Waals surface area contributed by atoms with E-state index >= 15 is 0 Å². The first kappa shape index (κ1) is 27.1. The standard InChI is InChI=1S/C27H32BrN5O3S/c1-6-13-37-27-31-26-29-17(5)22(25(34)30-19-11-9-16(4)10-12-19)23(33(26)32-27)18-14-20(28)24(36-8-3)21(15-18)35-7-2/h9-12,14-15,23H,6-8,13H2,1-5H3,(H,30,34)(H,29,31,32). The SMILES string of the molecule is CCCSc1nc2n(n1)C(c1cc(Br)c(OCC)c(OCC)c1)C(C(=O)Nc1ccc(C)cc1)=C(C)N2. The Labute approximate surface area is 230 Å². The molecule has 1 unspecified atom stereocenters. The van der Waals surface area contributed by atoms with Crippen molar-refractivity contribution >= 4 is 45.2 Å². The summed E-state index contributed by atoms with van der Waals surface area (Å²) in [5.74, 6) is 2.52. The van der Waals surface area contributed by atoms with Crippen LogP contribution in [0.3, 0.4) is 0 Å². The Morgan fingerprint density at radius 2 is 1.86 bits per heavy atom. The lowest BCUT2D eigenvalue weighted by atomic mass is 9.94. The van der Waals surface area contributed by atoms with Crippen LogP contribution in [0.4, 0.5) is 11.6 Å². The number of anilines is 2. The molecule has 3 aromatic rings. The van der Waals surface area contributed by atoms with Gasteiger partial charge in [-0.3, -0.25) is 4.79 Å². The van der Waals surface area contributed by atoms with Crippen molar-refractivity contribution in [2.45, 2.75) is 52.2 Å². The van der Waals surface area contributed by atoms with Crippen LogP contribution in [0.1, 0.15) is 51.3 Å². The highest BCUT2D eigenvalue weighted by Gasteiger charge is 2.35. The highest BCUT2D eigenvalue weighted by molar-refractivity contribution is 9.10. The average Bonchev–Trinajstić information content (AvgIpc) is 3.27. The number of ether oxygens (including phenoxy) is 2. The maximum Gasteiger partial charge on any atom is 0.255 e. The van der Waals surface area contributed by atoms with Crippen LogP contribution < -0.4 is 20.1 Å². The zero-order valence-corrected chi connectivity index (χ0v) is 24.1. The highest BCUT2D eigenvalue weighted by Crippen LogP contribution is 2.43. The molecule has 0 aliphatic carbocycles. The number of aromatic nitrogens is 3. The Kier molecular flexibility index (Phi) is 8.81. The number of allylic oxidation sites excluding steroid dienone is 1. The molecule has 1 aliphatic rings. The van der Waals surface area contributed by atoms with E-state index in [1.54, 1.807) is 16.4 Å². The first-order chi connectivity index (χ1) is 17.9. The Morgan fingerprint density at radius 1 is 1.14 bits per heavy atom. The van der Waals surface area contributed by atoms with Crippen LogP contribution in [0.5, 0.6) is 11.5 Å². The molecule has 0 radical (unpaired) electrons. The van der Waals surface area contributed by atoms with E-state index in [2.05, 4.69) is 33.5 Å². The van der Waals surface area contributed by atoms with Crippen LogP contribution in [-0.2, 0) is 4.79 Å². The van der Waals surface area contributed by atoms with Gasteiger partial charge in [-0.1, -0.05) is 36.4 Å². The van der Waals surface area contributed by atoms with Crippen molar-refractivity contribution in [3.8, 4) is 11.5 Å². The van der Waals surface area contributed by atoms with E-state index in [1.165, 1.54) is 0 Å². The third-order valence-corrected chi connectivity index (χ3v) is 7.39. The third-order valence-electron chi connectivity index (χ3n) is 5.76. The van der Waals surface area contributed by atoms with Crippen molar-refractivity contribution in [2.24, 2.45) is 0 Å². The summed E-state index contributed by atoms with van der Waals surface area (Å²) < 4.78 is 14.3.